The molecule has 7 nitrogen and oxygen atoms in total. The van der Waals surface area contributed by atoms with Crippen molar-refractivity contribution in [3.05, 3.63) is 89.2 Å². The minimum atomic E-state index is -0.232. The average Bonchev–Trinajstić information content (AvgIpc) is 3.27. The van der Waals surface area contributed by atoms with Crippen molar-refractivity contribution in [2.75, 3.05) is 5.75 Å². The van der Waals surface area contributed by atoms with E-state index < -0.39 is 0 Å². The van der Waals surface area contributed by atoms with Gasteiger partial charge in [-0.1, -0.05) is 64.1 Å². The van der Waals surface area contributed by atoms with Crippen LogP contribution in [0.3, 0.4) is 0 Å². The Morgan fingerprint density at radius 3 is 2.56 bits per heavy atom. The fourth-order valence-electron chi connectivity index (χ4n) is 2.91. The standard InChI is InChI=1S/C23H19BrN6OS/c1-16(18-8-5-13-25-14-18)26-27-21(31)15-32-23-29-28-22(17-6-3-2-4-7-17)30(23)20-11-9-19(24)10-12-20/h2-14H,15H2,1H3,(H,27,31). The van der Waals surface area contributed by atoms with Gasteiger partial charge in [-0.25, -0.2) is 5.43 Å². The Kier molecular flexibility index (Phi) is 7.08. The number of thioether (sulfide) groups is 1. The molecule has 0 radical (unpaired) electrons. The third-order valence-corrected chi connectivity index (χ3v) is 5.97. The second-order valence-electron chi connectivity index (χ2n) is 6.75. The molecule has 0 saturated heterocycles. The molecule has 2 heterocycles. The summed E-state index contributed by atoms with van der Waals surface area (Å²) in [5, 5.41) is 13.5. The van der Waals surface area contributed by atoms with Crippen LogP contribution in [0.1, 0.15) is 12.5 Å². The van der Waals surface area contributed by atoms with Crippen molar-refractivity contribution in [1.82, 2.24) is 25.2 Å². The lowest BCUT2D eigenvalue weighted by Crippen LogP contribution is -2.21. The van der Waals surface area contributed by atoms with Crippen molar-refractivity contribution in [1.29, 1.82) is 0 Å². The molecule has 32 heavy (non-hydrogen) atoms. The van der Waals surface area contributed by atoms with Crippen LogP contribution in [0.15, 0.2) is 93.9 Å². The summed E-state index contributed by atoms with van der Waals surface area (Å²) in [5.41, 5.74) is 5.97. The van der Waals surface area contributed by atoms with Gasteiger partial charge in [-0.15, -0.1) is 10.2 Å². The molecular formula is C23H19BrN6OS. The van der Waals surface area contributed by atoms with E-state index in [0.717, 1.165) is 21.3 Å². The molecule has 4 rings (SSSR count). The van der Waals surface area contributed by atoms with Crippen LogP contribution in [0.2, 0.25) is 0 Å². The highest BCUT2D eigenvalue weighted by molar-refractivity contribution is 9.10. The smallest absolute Gasteiger partial charge is 0.250 e. The number of hydrazone groups is 1. The van der Waals surface area contributed by atoms with E-state index in [9.17, 15) is 4.79 Å². The van der Waals surface area contributed by atoms with Crippen LogP contribution < -0.4 is 5.43 Å². The Hall–Kier alpha value is -3.30. The number of rotatable bonds is 7. The highest BCUT2D eigenvalue weighted by atomic mass is 79.9. The van der Waals surface area contributed by atoms with Crippen molar-refractivity contribution >= 4 is 39.3 Å². The van der Waals surface area contributed by atoms with Crippen LogP contribution in [0.4, 0.5) is 0 Å². The molecule has 9 heteroatoms. The predicted molar refractivity (Wildman–Crippen MR) is 130 cm³/mol. The fraction of sp³-hybridized carbons (Fsp3) is 0.0870. The van der Waals surface area contributed by atoms with Crippen molar-refractivity contribution in [3.63, 3.8) is 0 Å². The summed E-state index contributed by atoms with van der Waals surface area (Å²) in [7, 11) is 0. The second kappa shape index (κ2) is 10.3. The minimum absolute atomic E-state index is 0.146. The first-order valence-electron chi connectivity index (χ1n) is 9.75. The Balaban J connectivity index is 1.53. The molecule has 0 bridgehead atoms. The molecule has 0 unspecified atom stereocenters. The number of carbonyl (C=O) groups excluding carboxylic acids is 1. The van der Waals surface area contributed by atoms with E-state index in [1.54, 1.807) is 12.4 Å². The van der Waals surface area contributed by atoms with Crippen molar-refractivity contribution in [2.45, 2.75) is 12.1 Å². The lowest BCUT2D eigenvalue weighted by molar-refractivity contribution is -0.118. The summed E-state index contributed by atoms with van der Waals surface area (Å²) in [6, 6.07) is 21.4. The molecule has 0 fully saturated rings. The third-order valence-electron chi connectivity index (χ3n) is 4.51. The van der Waals surface area contributed by atoms with Gasteiger partial charge < -0.3 is 0 Å². The molecule has 1 N–H and O–H groups in total. The van der Waals surface area contributed by atoms with Gasteiger partial charge in [-0.05, 0) is 37.3 Å². The number of aromatic nitrogens is 4. The largest absolute Gasteiger partial charge is 0.272 e. The summed E-state index contributed by atoms with van der Waals surface area (Å²) < 4.78 is 2.93. The summed E-state index contributed by atoms with van der Waals surface area (Å²) >= 11 is 4.77. The van der Waals surface area contributed by atoms with Gasteiger partial charge in [0.2, 0.25) is 0 Å². The van der Waals surface area contributed by atoms with Gasteiger partial charge >= 0.3 is 0 Å². The molecule has 0 atom stereocenters. The van der Waals surface area contributed by atoms with Crippen LogP contribution in [0.5, 0.6) is 0 Å². The Bertz CT molecular complexity index is 1230. The zero-order chi connectivity index (χ0) is 22.3. The van der Waals surface area contributed by atoms with Crippen LogP contribution in [-0.2, 0) is 4.79 Å². The van der Waals surface area contributed by atoms with Crippen LogP contribution >= 0.6 is 27.7 Å². The van der Waals surface area contributed by atoms with Crippen LogP contribution in [0, 0.1) is 0 Å². The quantitative estimate of drug-likeness (QED) is 0.222. The molecule has 160 valence electrons. The predicted octanol–water partition coefficient (Wildman–Crippen LogP) is 4.72. The topological polar surface area (TPSA) is 85.1 Å². The lowest BCUT2D eigenvalue weighted by Gasteiger charge is -2.10. The molecule has 0 saturated carbocycles. The summed E-state index contributed by atoms with van der Waals surface area (Å²) in [6.07, 6.45) is 3.39. The number of pyridine rings is 1. The van der Waals surface area contributed by atoms with E-state index in [1.165, 1.54) is 11.8 Å². The third kappa shape index (κ3) is 5.30. The first-order chi connectivity index (χ1) is 15.6. The average molecular weight is 507 g/mol. The molecule has 2 aromatic heterocycles. The molecular weight excluding hydrogens is 488 g/mol. The van der Waals surface area contributed by atoms with Crippen LogP contribution in [0.25, 0.3) is 17.1 Å². The molecule has 4 aromatic rings. The number of benzene rings is 2. The number of nitrogens with one attached hydrogen (secondary N) is 1. The highest BCUT2D eigenvalue weighted by Crippen LogP contribution is 2.28. The van der Waals surface area contributed by atoms with Gasteiger partial charge in [-0.3, -0.25) is 14.3 Å². The van der Waals surface area contributed by atoms with E-state index in [4.69, 9.17) is 0 Å². The molecule has 1 amide bonds. The summed E-state index contributed by atoms with van der Waals surface area (Å²) in [4.78, 5) is 16.5. The van der Waals surface area contributed by atoms with Gasteiger partial charge in [0.1, 0.15) is 0 Å². The Morgan fingerprint density at radius 2 is 1.84 bits per heavy atom. The fourth-order valence-corrected chi connectivity index (χ4v) is 3.92. The van der Waals surface area contributed by atoms with Crippen molar-refractivity contribution < 1.29 is 4.79 Å². The van der Waals surface area contributed by atoms with Gasteiger partial charge in [0.25, 0.3) is 5.91 Å². The first-order valence-corrected chi connectivity index (χ1v) is 11.5. The monoisotopic (exact) mass is 506 g/mol. The number of carbonyl (C=O) groups is 1. The van der Waals surface area contributed by atoms with Gasteiger partial charge in [0.15, 0.2) is 11.0 Å². The van der Waals surface area contributed by atoms with Gasteiger partial charge in [0.05, 0.1) is 11.5 Å². The maximum absolute atomic E-state index is 12.4. The second-order valence-corrected chi connectivity index (χ2v) is 8.60. The Labute approximate surface area is 198 Å². The maximum atomic E-state index is 12.4. The molecule has 0 spiro atoms. The van der Waals surface area contributed by atoms with E-state index in [-0.39, 0.29) is 11.7 Å². The zero-order valence-electron chi connectivity index (χ0n) is 17.1. The lowest BCUT2D eigenvalue weighted by atomic mass is 10.2. The van der Waals surface area contributed by atoms with E-state index in [1.807, 2.05) is 78.2 Å². The minimum Gasteiger partial charge on any atom is -0.272 e. The zero-order valence-corrected chi connectivity index (χ0v) is 19.5. The number of nitrogens with zero attached hydrogens (tertiary/aromatic N) is 5. The number of amides is 1. The molecule has 2 aromatic carbocycles. The molecule has 0 aliphatic rings. The Morgan fingerprint density at radius 1 is 1.06 bits per heavy atom. The maximum Gasteiger partial charge on any atom is 0.250 e. The van der Waals surface area contributed by atoms with E-state index in [2.05, 4.69) is 41.6 Å². The first kappa shape index (κ1) is 21.9. The van der Waals surface area contributed by atoms with E-state index in [0.29, 0.717) is 16.7 Å². The molecule has 0 aliphatic heterocycles. The summed E-state index contributed by atoms with van der Waals surface area (Å²) in [5.74, 6) is 0.624. The van der Waals surface area contributed by atoms with Crippen molar-refractivity contribution in [2.24, 2.45) is 5.10 Å². The van der Waals surface area contributed by atoms with Crippen LogP contribution in [-0.4, -0.2) is 37.1 Å². The summed E-state index contributed by atoms with van der Waals surface area (Å²) in [6.45, 7) is 1.82. The van der Waals surface area contributed by atoms with Gasteiger partial charge in [0, 0.05) is 33.7 Å². The van der Waals surface area contributed by atoms with Crippen molar-refractivity contribution in [3.8, 4) is 17.1 Å². The number of halogens is 1. The number of hydrogen-bond donors (Lipinski definition) is 1. The SMILES string of the molecule is CC(=NNC(=O)CSc1nnc(-c2ccccc2)n1-c1ccc(Br)cc1)c1cccnc1. The molecule has 0 aliphatic carbocycles. The number of hydrogen-bond acceptors (Lipinski definition) is 6. The van der Waals surface area contributed by atoms with E-state index >= 15 is 0 Å². The highest BCUT2D eigenvalue weighted by Gasteiger charge is 2.17. The van der Waals surface area contributed by atoms with Gasteiger partial charge in [-0.2, -0.15) is 5.10 Å². The normalized spacial score (nSPS) is 11.4.